The van der Waals surface area contributed by atoms with Crippen molar-refractivity contribution in [1.29, 1.82) is 0 Å². The first-order valence-electron chi connectivity index (χ1n) is 11.1. The molecule has 0 aromatic carbocycles. The second-order valence-electron chi connectivity index (χ2n) is 8.95. The molecule has 2 aromatic heterocycles. The Kier molecular flexibility index (Phi) is 8.08. The summed E-state index contributed by atoms with van der Waals surface area (Å²) in [5.74, 6) is 0.00195. The molecule has 16 heteroatoms. The van der Waals surface area contributed by atoms with Gasteiger partial charge in [-0.2, -0.15) is 4.98 Å². The summed E-state index contributed by atoms with van der Waals surface area (Å²) in [4.78, 5) is 61.1. The summed E-state index contributed by atoms with van der Waals surface area (Å²) in [6.45, 7) is 4.05. The molecule has 0 atom stereocenters. The summed E-state index contributed by atoms with van der Waals surface area (Å²) >= 11 is 0. The third kappa shape index (κ3) is 6.81. The van der Waals surface area contributed by atoms with E-state index in [2.05, 4.69) is 15.0 Å². The third-order valence-corrected chi connectivity index (χ3v) is 6.39. The fraction of sp³-hybridized carbons (Fsp3) is 0.650. The van der Waals surface area contributed by atoms with Gasteiger partial charge in [-0.25, -0.2) is 19.6 Å². The number of hydrogen-bond donors (Lipinski definition) is 1. The highest BCUT2D eigenvalue weighted by molar-refractivity contribution is 7.50. The van der Waals surface area contributed by atoms with Gasteiger partial charge in [0.25, 0.3) is 0 Å². The molecular weight excluding hydrogens is 501 g/mol. The number of aromatic nitrogens is 4. The van der Waals surface area contributed by atoms with Crippen LogP contribution in [-0.4, -0.2) is 68.2 Å². The largest absolute Gasteiger partial charge is 0.809 e. The van der Waals surface area contributed by atoms with Gasteiger partial charge >= 0.3 is 12.3 Å². The average molecular weight is 529 g/mol. The summed E-state index contributed by atoms with van der Waals surface area (Å²) in [6, 6.07) is 0. The van der Waals surface area contributed by atoms with Crippen molar-refractivity contribution in [2.24, 2.45) is 0 Å². The van der Waals surface area contributed by atoms with E-state index in [4.69, 9.17) is 29.4 Å². The summed E-state index contributed by atoms with van der Waals surface area (Å²) in [7, 11) is -5.75. The smallest absolute Gasteiger partial charge is 0.508 e. The summed E-state index contributed by atoms with van der Waals surface area (Å²) in [6.07, 6.45) is -0.0767. The van der Waals surface area contributed by atoms with Crippen LogP contribution >= 0.6 is 7.60 Å². The molecule has 0 unspecified atom stereocenters. The van der Waals surface area contributed by atoms with Crippen molar-refractivity contribution in [1.82, 2.24) is 19.5 Å². The van der Waals surface area contributed by atoms with E-state index < -0.39 is 56.3 Å². The van der Waals surface area contributed by atoms with Gasteiger partial charge in [-0.1, -0.05) is 0 Å². The number of nitrogens with two attached hydrogens (primary N) is 1. The minimum atomic E-state index is -5.75. The van der Waals surface area contributed by atoms with Crippen LogP contribution in [0.4, 0.5) is 15.5 Å². The summed E-state index contributed by atoms with van der Waals surface area (Å²) in [5.41, 5.74) is 5.26. The topological polar surface area (TPSA) is 213 Å². The Labute approximate surface area is 206 Å². The highest BCUT2D eigenvalue weighted by Crippen LogP contribution is 2.53. The first-order valence-corrected chi connectivity index (χ1v) is 12.6. The van der Waals surface area contributed by atoms with Crippen LogP contribution in [-0.2, 0) is 34.8 Å². The van der Waals surface area contributed by atoms with E-state index in [1.807, 2.05) is 0 Å². The zero-order chi connectivity index (χ0) is 26.7. The lowest BCUT2D eigenvalue weighted by Crippen LogP contribution is -2.53. The van der Waals surface area contributed by atoms with Crippen LogP contribution in [0.1, 0.15) is 40.5 Å². The molecule has 0 bridgehead atoms. The van der Waals surface area contributed by atoms with Crippen LogP contribution in [0, 0.1) is 0 Å². The fourth-order valence-electron chi connectivity index (χ4n) is 3.24. The SMILES string of the molecule is CC(C)OC(=O)OCC(COC(=O)OC(C)C)(OC1(Cn2cnc3cnc(N)nc32)CC1)P(=O)([O-])[O-]. The first-order chi connectivity index (χ1) is 16.7. The fourth-order valence-corrected chi connectivity index (χ4v) is 3.99. The number of ether oxygens (including phenoxy) is 5. The second kappa shape index (κ2) is 10.5. The molecule has 1 fully saturated rings. The predicted octanol–water partition coefficient (Wildman–Crippen LogP) is 0.691. The molecule has 36 heavy (non-hydrogen) atoms. The number of carbonyl (C=O) groups is 2. The van der Waals surface area contributed by atoms with Crippen molar-refractivity contribution >= 4 is 37.0 Å². The van der Waals surface area contributed by atoms with Gasteiger partial charge in [0.05, 0.1) is 36.9 Å². The second-order valence-corrected chi connectivity index (χ2v) is 10.8. The number of fused-ring (bicyclic) bond motifs is 1. The van der Waals surface area contributed by atoms with Crippen molar-refractivity contribution in [3.63, 3.8) is 0 Å². The van der Waals surface area contributed by atoms with Crippen LogP contribution < -0.4 is 15.5 Å². The maximum absolute atomic E-state index is 12.5. The Morgan fingerprint density at radius 3 is 2.14 bits per heavy atom. The van der Waals surface area contributed by atoms with Gasteiger partial charge in [-0.15, -0.1) is 0 Å². The van der Waals surface area contributed by atoms with E-state index in [-0.39, 0.29) is 12.5 Å². The van der Waals surface area contributed by atoms with Gasteiger partial charge in [0, 0.05) is 0 Å². The Balaban J connectivity index is 1.88. The zero-order valence-corrected chi connectivity index (χ0v) is 21.1. The lowest BCUT2D eigenvalue weighted by atomic mass is 10.3. The van der Waals surface area contributed by atoms with Crippen LogP contribution in [0.25, 0.3) is 11.2 Å². The van der Waals surface area contributed by atoms with E-state index in [9.17, 15) is 23.9 Å². The van der Waals surface area contributed by atoms with Crippen molar-refractivity contribution in [3.05, 3.63) is 12.5 Å². The number of anilines is 1. The first kappa shape index (κ1) is 27.6. The van der Waals surface area contributed by atoms with E-state index in [1.54, 1.807) is 32.3 Å². The maximum atomic E-state index is 12.5. The molecule has 200 valence electrons. The zero-order valence-electron chi connectivity index (χ0n) is 20.2. The van der Waals surface area contributed by atoms with Crippen LogP contribution in [0.5, 0.6) is 0 Å². The van der Waals surface area contributed by atoms with Crippen LogP contribution in [0.15, 0.2) is 12.5 Å². The Morgan fingerprint density at radius 1 is 1.11 bits per heavy atom. The molecule has 1 aliphatic rings. The highest BCUT2D eigenvalue weighted by Gasteiger charge is 2.53. The Morgan fingerprint density at radius 2 is 1.67 bits per heavy atom. The molecular formula is C20H28N5O10P-2. The molecule has 2 N–H and O–H groups in total. The minimum Gasteiger partial charge on any atom is -0.809 e. The van der Waals surface area contributed by atoms with Crippen molar-refractivity contribution in [3.8, 4) is 0 Å². The number of carbonyl (C=O) groups excluding carboxylic acids is 2. The van der Waals surface area contributed by atoms with Crippen LogP contribution in [0.3, 0.4) is 0 Å². The third-order valence-electron chi connectivity index (χ3n) is 5.04. The van der Waals surface area contributed by atoms with Crippen molar-refractivity contribution in [2.45, 2.75) is 70.2 Å². The Hall–Kier alpha value is -3.00. The molecule has 1 saturated carbocycles. The molecule has 2 heterocycles. The Bertz CT molecular complexity index is 1120. The van der Waals surface area contributed by atoms with Gasteiger partial charge < -0.3 is 48.3 Å². The minimum absolute atomic E-state index is 0.00195. The normalized spacial score (nSPS) is 15.2. The molecule has 2 aromatic rings. The molecule has 1 aliphatic carbocycles. The molecule has 15 nitrogen and oxygen atoms in total. The molecule has 0 radical (unpaired) electrons. The van der Waals surface area contributed by atoms with Crippen molar-refractivity contribution in [2.75, 3.05) is 18.9 Å². The van der Waals surface area contributed by atoms with Gasteiger partial charge in [0.2, 0.25) is 5.95 Å². The quantitative estimate of drug-likeness (QED) is 0.313. The molecule has 0 amide bonds. The number of nitrogen functional groups attached to an aromatic ring is 1. The summed E-state index contributed by atoms with van der Waals surface area (Å²) in [5, 5.41) is -2.76. The molecule has 0 aliphatic heterocycles. The number of imidazole rings is 1. The van der Waals surface area contributed by atoms with Gasteiger partial charge in [-0.3, -0.25) is 0 Å². The van der Waals surface area contributed by atoms with Gasteiger partial charge in [0.15, 0.2) is 11.0 Å². The predicted molar refractivity (Wildman–Crippen MR) is 118 cm³/mol. The summed E-state index contributed by atoms with van der Waals surface area (Å²) < 4.78 is 39.5. The number of nitrogens with zero attached hydrogens (tertiary/aromatic N) is 4. The molecule has 3 rings (SSSR count). The van der Waals surface area contributed by atoms with E-state index in [0.29, 0.717) is 24.0 Å². The average Bonchev–Trinajstić information content (AvgIpc) is 3.39. The van der Waals surface area contributed by atoms with Crippen LogP contribution in [0.2, 0.25) is 0 Å². The maximum Gasteiger partial charge on any atom is 0.508 e. The standard InChI is InChI=1S/C20H30N5O10P/c1-12(2)33-17(26)31-9-20(36(28,29)30,10-32-18(27)34-13(3)4)35-19(5-6-19)8-25-11-23-14-7-22-16(21)24-15(14)25/h7,11-13H,5-6,8-10H2,1-4H3,(H2,21,22,24)(H2,28,29,30)/p-2. The van der Waals surface area contributed by atoms with E-state index in [1.165, 1.54) is 12.5 Å². The van der Waals surface area contributed by atoms with Crippen molar-refractivity contribution < 1.29 is 47.6 Å². The molecule has 0 saturated heterocycles. The monoisotopic (exact) mass is 529 g/mol. The lowest BCUT2D eigenvalue weighted by molar-refractivity contribution is -0.338. The molecule has 0 spiro atoms. The highest BCUT2D eigenvalue weighted by atomic mass is 31.2. The van der Waals surface area contributed by atoms with E-state index in [0.717, 1.165) is 0 Å². The lowest BCUT2D eigenvalue weighted by Gasteiger charge is -2.49. The van der Waals surface area contributed by atoms with Gasteiger partial charge in [0.1, 0.15) is 18.7 Å². The van der Waals surface area contributed by atoms with E-state index >= 15 is 0 Å². The number of hydrogen-bond acceptors (Lipinski definition) is 14. The van der Waals surface area contributed by atoms with Gasteiger partial charge in [-0.05, 0) is 48.1 Å². The number of rotatable bonds is 11.